The maximum atomic E-state index is 12.3. The third-order valence-electron chi connectivity index (χ3n) is 6.27. The minimum absolute atomic E-state index is 0.105. The molecule has 0 radical (unpaired) electrons. The van der Waals surface area contributed by atoms with Crippen molar-refractivity contribution in [2.45, 2.75) is 32.2 Å². The van der Waals surface area contributed by atoms with Crippen LogP contribution in [0.25, 0.3) is 21.8 Å². The molecule has 4 heteroatoms. The molecular formula is C30H29N3O. The molecule has 4 aromatic carbocycles. The molecule has 0 bridgehead atoms. The van der Waals surface area contributed by atoms with E-state index < -0.39 is 0 Å². The van der Waals surface area contributed by atoms with Crippen LogP contribution in [0.3, 0.4) is 0 Å². The summed E-state index contributed by atoms with van der Waals surface area (Å²) in [6.45, 7) is 1.44. The van der Waals surface area contributed by atoms with Crippen molar-refractivity contribution >= 4 is 27.7 Å². The van der Waals surface area contributed by atoms with Crippen LogP contribution in [-0.4, -0.2) is 22.0 Å². The number of imidazole rings is 1. The number of aromatic nitrogens is 2. The summed E-state index contributed by atoms with van der Waals surface area (Å²) in [4.78, 5) is 17.2. The molecule has 0 atom stereocenters. The molecule has 1 amide bonds. The molecule has 0 spiro atoms. The molecule has 1 N–H and O–H groups in total. The Bertz CT molecular complexity index is 1400. The smallest absolute Gasteiger partial charge is 0.220 e. The maximum Gasteiger partial charge on any atom is 0.220 e. The van der Waals surface area contributed by atoms with Crippen molar-refractivity contribution in [3.63, 3.8) is 0 Å². The van der Waals surface area contributed by atoms with Crippen LogP contribution in [0.5, 0.6) is 0 Å². The van der Waals surface area contributed by atoms with Crippen molar-refractivity contribution in [2.75, 3.05) is 6.54 Å². The van der Waals surface area contributed by atoms with E-state index in [1.54, 1.807) is 0 Å². The van der Waals surface area contributed by atoms with Gasteiger partial charge in [0.1, 0.15) is 5.82 Å². The zero-order valence-electron chi connectivity index (χ0n) is 19.3. The van der Waals surface area contributed by atoms with Crippen molar-refractivity contribution in [2.24, 2.45) is 0 Å². The monoisotopic (exact) mass is 447 g/mol. The fourth-order valence-corrected chi connectivity index (χ4v) is 4.48. The Morgan fingerprint density at radius 2 is 1.53 bits per heavy atom. The van der Waals surface area contributed by atoms with Crippen molar-refractivity contribution in [1.82, 2.24) is 14.9 Å². The molecule has 5 rings (SSSR count). The molecule has 170 valence electrons. The number of fused-ring (bicyclic) bond motifs is 2. The Morgan fingerprint density at radius 3 is 2.41 bits per heavy atom. The number of nitrogens with zero attached hydrogens (tertiary/aromatic N) is 2. The first-order chi connectivity index (χ1) is 16.8. The van der Waals surface area contributed by atoms with E-state index in [2.05, 4.69) is 82.7 Å². The van der Waals surface area contributed by atoms with Crippen LogP contribution >= 0.6 is 0 Å². The molecule has 0 aliphatic heterocycles. The summed E-state index contributed by atoms with van der Waals surface area (Å²) in [5.74, 6) is 1.17. The van der Waals surface area contributed by atoms with Crippen molar-refractivity contribution < 1.29 is 4.79 Å². The first-order valence-electron chi connectivity index (χ1n) is 12.0. The van der Waals surface area contributed by atoms with Crippen molar-refractivity contribution in [3.8, 4) is 0 Å². The summed E-state index contributed by atoms with van der Waals surface area (Å²) in [6.07, 6.45) is 2.97. The summed E-state index contributed by atoms with van der Waals surface area (Å²) >= 11 is 0. The highest BCUT2D eigenvalue weighted by atomic mass is 16.1. The van der Waals surface area contributed by atoms with Gasteiger partial charge in [-0.2, -0.15) is 0 Å². The summed E-state index contributed by atoms with van der Waals surface area (Å²) in [5.41, 5.74) is 4.63. The molecule has 0 saturated carbocycles. The number of amides is 1. The zero-order chi connectivity index (χ0) is 23.2. The van der Waals surface area contributed by atoms with Gasteiger partial charge in [0, 0.05) is 25.9 Å². The summed E-state index contributed by atoms with van der Waals surface area (Å²) in [5, 5.41) is 5.58. The Morgan fingerprint density at radius 1 is 0.765 bits per heavy atom. The van der Waals surface area contributed by atoms with Crippen molar-refractivity contribution in [1.29, 1.82) is 0 Å². The van der Waals surface area contributed by atoms with Gasteiger partial charge >= 0.3 is 0 Å². The van der Waals surface area contributed by atoms with E-state index in [0.29, 0.717) is 13.0 Å². The average molecular weight is 448 g/mol. The van der Waals surface area contributed by atoms with Gasteiger partial charge in [-0.3, -0.25) is 4.79 Å². The van der Waals surface area contributed by atoms with Crippen LogP contribution in [0, 0.1) is 0 Å². The lowest BCUT2D eigenvalue weighted by molar-refractivity contribution is -0.121. The number of hydrogen-bond acceptors (Lipinski definition) is 2. The average Bonchev–Trinajstić information content (AvgIpc) is 3.23. The fourth-order valence-electron chi connectivity index (χ4n) is 4.48. The lowest BCUT2D eigenvalue weighted by Gasteiger charge is -2.11. The molecule has 1 heterocycles. The molecule has 0 aliphatic rings. The third kappa shape index (κ3) is 5.18. The van der Waals surface area contributed by atoms with Crippen LogP contribution in [0.4, 0.5) is 0 Å². The first kappa shape index (κ1) is 21.9. The van der Waals surface area contributed by atoms with Crippen LogP contribution in [0.15, 0.2) is 97.1 Å². The normalized spacial score (nSPS) is 11.2. The standard InChI is InChI=1S/C30H29N3O/c34-30(19-17-23-9-2-1-3-10-23)31-20-8-15-29-32-27-13-6-7-14-28(27)33(29)22-24-16-18-25-11-4-5-12-26(25)21-24/h1-7,9-14,16,18,21H,8,15,17,19-20,22H2,(H,31,34). The lowest BCUT2D eigenvalue weighted by Crippen LogP contribution is -2.25. The van der Waals surface area contributed by atoms with Gasteiger partial charge in [-0.25, -0.2) is 4.98 Å². The SMILES string of the molecule is O=C(CCc1ccccc1)NCCCc1nc2ccccc2n1Cc1ccc2ccccc2c1. The van der Waals surface area contributed by atoms with E-state index in [0.717, 1.165) is 42.7 Å². The Kier molecular flexibility index (Phi) is 6.66. The molecule has 34 heavy (non-hydrogen) atoms. The molecule has 5 aromatic rings. The van der Waals surface area contributed by atoms with Crippen molar-refractivity contribution in [3.05, 3.63) is 114 Å². The molecule has 4 nitrogen and oxygen atoms in total. The number of para-hydroxylation sites is 2. The van der Waals surface area contributed by atoms with Crippen LogP contribution in [0.2, 0.25) is 0 Å². The third-order valence-corrected chi connectivity index (χ3v) is 6.27. The van der Waals surface area contributed by atoms with Gasteiger partial charge in [-0.1, -0.05) is 78.9 Å². The number of aryl methyl sites for hydroxylation is 2. The van der Waals surface area contributed by atoms with Gasteiger partial charge in [0.25, 0.3) is 0 Å². The minimum atomic E-state index is 0.105. The molecule has 0 aliphatic carbocycles. The number of benzene rings is 4. The molecule has 0 saturated heterocycles. The molecule has 0 fully saturated rings. The van der Waals surface area contributed by atoms with Gasteiger partial charge in [-0.15, -0.1) is 0 Å². The Labute approximate surface area is 200 Å². The highest BCUT2D eigenvalue weighted by Gasteiger charge is 2.11. The maximum absolute atomic E-state index is 12.3. The van der Waals surface area contributed by atoms with E-state index >= 15 is 0 Å². The Balaban J connectivity index is 1.23. The fraction of sp³-hybridized carbons (Fsp3) is 0.200. The number of nitrogens with one attached hydrogen (secondary N) is 1. The highest BCUT2D eigenvalue weighted by Crippen LogP contribution is 2.21. The second-order valence-electron chi connectivity index (χ2n) is 8.72. The van der Waals surface area contributed by atoms with Gasteiger partial charge in [0.15, 0.2) is 0 Å². The Hall–Kier alpha value is -3.92. The molecule has 0 unspecified atom stereocenters. The predicted octanol–water partition coefficient (Wildman–Crippen LogP) is 5.92. The van der Waals surface area contributed by atoms with Gasteiger partial charge < -0.3 is 9.88 Å². The highest BCUT2D eigenvalue weighted by molar-refractivity contribution is 5.83. The van der Waals surface area contributed by atoms with E-state index in [-0.39, 0.29) is 5.91 Å². The summed E-state index contributed by atoms with van der Waals surface area (Å²) < 4.78 is 2.32. The second kappa shape index (κ2) is 10.3. The lowest BCUT2D eigenvalue weighted by atomic mass is 10.1. The predicted molar refractivity (Wildman–Crippen MR) is 139 cm³/mol. The van der Waals surface area contributed by atoms with Gasteiger partial charge in [0.05, 0.1) is 11.0 Å². The minimum Gasteiger partial charge on any atom is -0.356 e. The largest absolute Gasteiger partial charge is 0.356 e. The number of hydrogen-bond donors (Lipinski definition) is 1. The van der Waals surface area contributed by atoms with Crippen LogP contribution < -0.4 is 5.32 Å². The summed E-state index contributed by atoms with van der Waals surface area (Å²) in [7, 11) is 0. The second-order valence-corrected chi connectivity index (χ2v) is 8.72. The number of rotatable bonds is 9. The number of carbonyl (C=O) groups is 1. The topological polar surface area (TPSA) is 46.9 Å². The first-order valence-corrected chi connectivity index (χ1v) is 12.0. The van der Waals surface area contributed by atoms with Crippen LogP contribution in [-0.2, 0) is 24.2 Å². The molecule has 1 aromatic heterocycles. The summed E-state index contributed by atoms with van der Waals surface area (Å²) in [6, 6.07) is 33.6. The zero-order valence-corrected chi connectivity index (χ0v) is 19.3. The van der Waals surface area contributed by atoms with Gasteiger partial charge in [-0.05, 0) is 52.9 Å². The molecular weight excluding hydrogens is 418 g/mol. The van der Waals surface area contributed by atoms with Crippen LogP contribution in [0.1, 0.15) is 29.8 Å². The number of carbonyl (C=O) groups excluding carboxylic acids is 1. The van der Waals surface area contributed by atoms with E-state index in [9.17, 15) is 4.79 Å². The quantitative estimate of drug-likeness (QED) is 0.285. The van der Waals surface area contributed by atoms with Gasteiger partial charge in [0.2, 0.25) is 5.91 Å². The van der Waals surface area contributed by atoms with E-state index in [4.69, 9.17) is 4.98 Å². The van der Waals surface area contributed by atoms with E-state index in [1.165, 1.54) is 21.9 Å². The van der Waals surface area contributed by atoms with E-state index in [1.807, 2.05) is 24.3 Å².